The first kappa shape index (κ1) is 13.4. The third-order valence-electron chi connectivity index (χ3n) is 2.48. The van der Waals surface area contributed by atoms with Crippen LogP contribution in [0.3, 0.4) is 0 Å². The molecule has 0 spiro atoms. The lowest BCUT2D eigenvalue weighted by molar-refractivity contribution is 0.0696. The Labute approximate surface area is 115 Å². The van der Waals surface area contributed by atoms with Gasteiger partial charge in [0.15, 0.2) is 0 Å². The van der Waals surface area contributed by atoms with Crippen molar-refractivity contribution in [1.29, 1.82) is 0 Å². The highest BCUT2D eigenvalue weighted by Gasteiger charge is 2.08. The maximum Gasteiger partial charge on any atom is 0.337 e. The predicted molar refractivity (Wildman–Crippen MR) is 71.7 cm³/mol. The second-order valence-corrected chi connectivity index (χ2v) is 4.47. The molecule has 2 aromatic heterocycles. The lowest BCUT2D eigenvalue weighted by atomic mass is 10.3. The van der Waals surface area contributed by atoms with E-state index in [-0.39, 0.29) is 10.6 Å². The van der Waals surface area contributed by atoms with Gasteiger partial charge in [-0.05, 0) is 18.6 Å². The van der Waals surface area contributed by atoms with Gasteiger partial charge < -0.3 is 10.4 Å². The van der Waals surface area contributed by atoms with Crippen molar-refractivity contribution >= 4 is 23.4 Å². The summed E-state index contributed by atoms with van der Waals surface area (Å²) in [5, 5.41) is 16.3. The number of hydrogen-bond acceptors (Lipinski definition) is 4. The van der Waals surface area contributed by atoms with Crippen molar-refractivity contribution < 1.29 is 9.90 Å². The van der Waals surface area contributed by atoms with Crippen molar-refractivity contribution in [3.63, 3.8) is 0 Å². The maximum atomic E-state index is 10.7. The van der Waals surface area contributed by atoms with Crippen molar-refractivity contribution in [2.24, 2.45) is 0 Å². The zero-order valence-corrected chi connectivity index (χ0v) is 11.1. The smallest absolute Gasteiger partial charge is 0.337 e. The standard InChI is InChI=1S/C12H13ClN4O2/c1-8-5-16-17(7-8)3-2-14-11-10(13)4-9(6-15-11)12(18)19/h4-7H,2-3H2,1H3,(H,14,15)(H,18,19). The summed E-state index contributed by atoms with van der Waals surface area (Å²) < 4.78 is 1.81. The summed E-state index contributed by atoms with van der Waals surface area (Å²) in [6, 6.07) is 1.37. The van der Waals surface area contributed by atoms with Gasteiger partial charge in [-0.3, -0.25) is 4.68 Å². The van der Waals surface area contributed by atoms with Gasteiger partial charge >= 0.3 is 5.97 Å². The van der Waals surface area contributed by atoms with Crippen LogP contribution in [0.5, 0.6) is 0 Å². The van der Waals surface area contributed by atoms with Gasteiger partial charge in [0.25, 0.3) is 0 Å². The Morgan fingerprint density at radius 1 is 1.53 bits per heavy atom. The monoisotopic (exact) mass is 280 g/mol. The van der Waals surface area contributed by atoms with E-state index in [1.165, 1.54) is 12.3 Å². The molecule has 0 radical (unpaired) electrons. The lowest BCUT2D eigenvalue weighted by Crippen LogP contribution is -2.12. The molecule has 0 aliphatic rings. The van der Waals surface area contributed by atoms with E-state index >= 15 is 0 Å². The van der Waals surface area contributed by atoms with Crippen molar-refractivity contribution in [2.75, 3.05) is 11.9 Å². The average Bonchev–Trinajstić information content (AvgIpc) is 2.77. The van der Waals surface area contributed by atoms with Crippen molar-refractivity contribution in [3.05, 3.63) is 40.8 Å². The van der Waals surface area contributed by atoms with E-state index in [1.54, 1.807) is 6.20 Å². The van der Waals surface area contributed by atoms with Gasteiger partial charge in [0.2, 0.25) is 0 Å². The maximum absolute atomic E-state index is 10.7. The summed E-state index contributed by atoms with van der Waals surface area (Å²) in [4.78, 5) is 14.7. The van der Waals surface area contributed by atoms with Crippen LogP contribution in [0.15, 0.2) is 24.7 Å². The number of pyridine rings is 1. The minimum atomic E-state index is -1.05. The minimum Gasteiger partial charge on any atom is -0.478 e. The van der Waals surface area contributed by atoms with Gasteiger partial charge in [0, 0.05) is 18.9 Å². The summed E-state index contributed by atoms with van der Waals surface area (Å²) in [5.74, 6) is -0.580. The lowest BCUT2D eigenvalue weighted by Gasteiger charge is -2.07. The van der Waals surface area contributed by atoms with Crippen LogP contribution in [0.25, 0.3) is 0 Å². The highest BCUT2D eigenvalue weighted by molar-refractivity contribution is 6.33. The van der Waals surface area contributed by atoms with Crippen LogP contribution in [0.4, 0.5) is 5.82 Å². The molecule has 0 aliphatic carbocycles. The quantitative estimate of drug-likeness (QED) is 0.876. The van der Waals surface area contributed by atoms with Crippen molar-refractivity contribution in [1.82, 2.24) is 14.8 Å². The first-order valence-corrected chi connectivity index (χ1v) is 6.06. The minimum absolute atomic E-state index is 0.0678. The zero-order valence-electron chi connectivity index (χ0n) is 10.3. The summed E-state index contributed by atoms with van der Waals surface area (Å²) in [7, 11) is 0. The summed E-state index contributed by atoms with van der Waals surface area (Å²) in [6.45, 7) is 3.24. The van der Waals surface area contributed by atoms with Crippen LogP contribution in [0.2, 0.25) is 5.02 Å². The van der Waals surface area contributed by atoms with E-state index in [2.05, 4.69) is 15.4 Å². The van der Waals surface area contributed by atoms with E-state index in [0.29, 0.717) is 18.9 Å². The predicted octanol–water partition coefficient (Wildman–Crippen LogP) is 2.05. The van der Waals surface area contributed by atoms with E-state index < -0.39 is 5.97 Å². The normalized spacial score (nSPS) is 10.4. The molecular weight excluding hydrogens is 268 g/mol. The summed E-state index contributed by atoms with van der Waals surface area (Å²) >= 11 is 5.95. The molecule has 0 saturated heterocycles. The van der Waals surface area contributed by atoms with Gasteiger partial charge in [-0.25, -0.2) is 9.78 Å². The molecule has 2 rings (SSSR count). The number of aromatic nitrogens is 3. The average molecular weight is 281 g/mol. The molecule has 0 amide bonds. The zero-order chi connectivity index (χ0) is 13.8. The molecule has 0 unspecified atom stereocenters. The van der Waals surface area contributed by atoms with Crippen LogP contribution in [0.1, 0.15) is 15.9 Å². The Morgan fingerprint density at radius 2 is 2.32 bits per heavy atom. The van der Waals surface area contributed by atoms with E-state index in [9.17, 15) is 4.79 Å². The largest absolute Gasteiger partial charge is 0.478 e. The molecular formula is C12H13ClN4O2. The summed E-state index contributed by atoms with van der Waals surface area (Å²) in [5.41, 5.74) is 1.17. The molecule has 0 aromatic carbocycles. The molecule has 0 atom stereocenters. The fourth-order valence-corrected chi connectivity index (χ4v) is 1.80. The second-order valence-electron chi connectivity index (χ2n) is 4.07. The molecule has 7 heteroatoms. The topological polar surface area (TPSA) is 80.0 Å². The van der Waals surface area contributed by atoms with E-state index in [4.69, 9.17) is 16.7 Å². The van der Waals surface area contributed by atoms with E-state index in [0.717, 1.165) is 5.56 Å². The number of carbonyl (C=O) groups is 1. The highest BCUT2D eigenvalue weighted by atomic mass is 35.5. The van der Waals surface area contributed by atoms with Crippen LogP contribution in [-0.2, 0) is 6.54 Å². The molecule has 6 nitrogen and oxygen atoms in total. The van der Waals surface area contributed by atoms with Crippen LogP contribution in [0, 0.1) is 6.92 Å². The van der Waals surface area contributed by atoms with E-state index in [1.807, 2.05) is 17.8 Å². The van der Waals surface area contributed by atoms with Crippen LogP contribution in [-0.4, -0.2) is 32.4 Å². The number of carboxylic acids is 1. The molecule has 2 N–H and O–H groups in total. The van der Waals surface area contributed by atoms with Crippen LogP contribution < -0.4 is 5.32 Å². The Morgan fingerprint density at radius 3 is 2.89 bits per heavy atom. The van der Waals surface area contributed by atoms with Crippen molar-refractivity contribution in [3.8, 4) is 0 Å². The number of aromatic carboxylic acids is 1. The Hall–Kier alpha value is -2.08. The number of carboxylic acid groups (broad SMARTS) is 1. The highest BCUT2D eigenvalue weighted by Crippen LogP contribution is 2.19. The first-order valence-electron chi connectivity index (χ1n) is 5.68. The van der Waals surface area contributed by atoms with Gasteiger partial charge in [-0.15, -0.1) is 0 Å². The Bertz CT molecular complexity index is 597. The molecule has 100 valence electrons. The Balaban J connectivity index is 1.94. The van der Waals surface area contributed by atoms with Crippen molar-refractivity contribution in [2.45, 2.75) is 13.5 Å². The molecule has 2 aromatic rings. The van der Waals surface area contributed by atoms with Gasteiger partial charge in [-0.2, -0.15) is 5.10 Å². The van der Waals surface area contributed by atoms with Gasteiger partial charge in [0.05, 0.1) is 23.3 Å². The molecule has 0 fully saturated rings. The Kier molecular flexibility index (Phi) is 4.01. The van der Waals surface area contributed by atoms with Crippen LogP contribution >= 0.6 is 11.6 Å². The molecule has 2 heterocycles. The fourth-order valence-electron chi connectivity index (χ4n) is 1.56. The fraction of sp³-hybridized carbons (Fsp3) is 0.250. The third-order valence-corrected chi connectivity index (χ3v) is 2.77. The molecule has 0 saturated carbocycles. The number of nitrogens with zero attached hydrogens (tertiary/aromatic N) is 3. The second kappa shape index (κ2) is 5.71. The number of anilines is 1. The third kappa shape index (κ3) is 3.45. The molecule has 0 bridgehead atoms. The van der Waals surface area contributed by atoms with Gasteiger partial charge in [-0.1, -0.05) is 11.6 Å². The number of halogens is 1. The van der Waals surface area contributed by atoms with Gasteiger partial charge in [0.1, 0.15) is 5.82 Å². The number of hydrogen-bond donors (Lipinski definition) is 2. The number of rotatable bonds is 5. The number of aryl methyl sites for hydroxylation is 1. The SMILES string of the molecule is Cc1cnn(CCNc2ncc(C(=O)O)cc2Cl)c1. The molecule has 19 heavy (non-hydrogen) atoms. The summed E-state index contributed by atoms with van der Waals surface area (Å²) in [6.07, 6.45) is 4.99. The number of nitrogens with one attached hydrogen (secondary N) is 1. The molecule has 0 aliphatic heterocycles. The first-order chi connectivity index (χ1) is 9.06.